The van der Waals surface area contributed by atoms with Crippen LogP contribution in [0.5, 0.6) is 5.75 Å². The van der Waals surface area contributed by atoms with Gasteiger partial charge in [-0.15, -0.1) is 0 Å². The van der Waals surface area contributed by atoms with Crippen LogP contribution in [0.2, 0.25) is 0 Å². The number of hydrogen-bond donors (Lipinski definition) is 1. The Morgan fingerprint density at radius 1 is 1.00 bits per heavy atom. The molecule has 0 aliphatic rings. The molecule has 2 atom stereocenters. The van der Waals surface area contributed by atoms with Gasteiger partial charge in [0.15, 0.2) is 6.10 Å². The lowest BCUT2D eigenvalue weighted by atomic mass is 9.97. The first kappa shape index (κ1) is 20.5. The smallest absolute Gasteiger partial charge is 0.338 e. The minimum absolute atomic E-state index is 0.222. The summed E-state index contributed by atoms with van der Waals surface area (Å²) in [6, 6.07) is 14.4. The zero-order valence-corrected chi connectivity index (χ0v) is 16.3. The number of nitrogens with one attached hydrogen (secondary N) is 1. The fourth-order valence-corrected chi connectivity index (χ4v) is 2.64. The molecule has 0 saturated heterocycles. The third-order valence-corrected chi connectivity index (χ3v) is 4.41. The summed E-state index contributed by atoms with van der Waals surface area (Å²) < 4.78 is 10.7. The van der Waals surface area contributed by atoms with Gasteiger partial charge in [-0.3, -0.25) is 4.79 Å². The average molecular weight is 369 g/mol. The number of ether oxygens (including phenoxy) is 2. The molecule has 0 aliphatic heterocycles. The van der Waals surface area contributed by atoms with E-state index in [2.05, 4.69) is 19.2 Å². The van der Waals surface area contributed by atoms with E-state index in [0.29, 0.717) is 23.8 Å². The number of hydrogen-bond acceptors (Lipinski definition) is 4. The van der Waals surface area contributed by atoms with Crippen LogP contribution in [0.15, 0.2) is 48.5 Å². The Morgan fingerprint density at radius 2 is 1.67 bits per heavy atom. The van der Waals surface area contributed by atoms with E-state index in [4.69, 9.17) is 9.47 Å². The highest BCUT2D eigenvalue weighted by molar-refractivity contribution is 5.95. The highest BCUT2D eigenvalue weighted by Crippen LogP contribution is 2.26. The van der Waals surface area contributed by atoms with Crippen molar-refractivity contribution < 1.29 is 19.1 Å². The van der Waals surface area contributed by atoms with Gasteiger partial charge in [0.25, 0.3) is 5.91 Å². The Balaban J connectivity index is 2.01. The molecule has 2 aromatic carbocycles. The zero-order chi connectivity index (χ0) is 19.8. The Bertz CT molecular complexity index is 770. The third-order valence-electron chi connectivity index (χ3n) is 4.41. The van der Waals surface area contributed by atoms with Gasteiger partial charge in [0, 0.05) is 5.69 Å². The van der Waals surface area contributed by atoms with Crippen molar-refractivity contribution in [2.24, 2.45) is 0 Å². The van der Waals surface area contributed by atoms with Gasteiger partial charge in [-0.25, -0.2) is 4.79 Å². The van der Waals surface area contributed by atoms with Crippen LogP contribution in [0.4, 0.5) is 5.69 Å². The first-order valence-corrected chi connectivity index (χ1v) is 9.29. The molecule has 0 unspecified atom stereocenters. The SMILES string of the molecule is CCOC(=O)c1ccc(O[C@H](C)C(=O)Nc2ccccc2[C@@H](C)CC)cc1. The van der Waals surface area contributed by atoms with Crippen LogP contribution in [-0.4, -0.2) is 24.6 Å². The summed E-state index contributed by atoms with van der Waals surface area (Å²) >= 11 is 0. The molecular weight excluding hydrogens is 342 g/mol. The molecule has 0 fully saturated rings. The lowest BCUT2D eigenvalue weighted by Crippen LogP contribution is -2.30. The molecular formula is C22H27NO4. The normalized spacial score (nSPS) is 12.7. The van der Waals surface area contributed by atoms with Crippen molar-refractivity contribution in [3.8, 4) is 5.75 Å². The Hall–Kier alpha value is -2.82. The van der Waals surface area contributed by atoms with Crippen molar-refractivity contribution in [2.45, 2.75) is 46.1 Å². The maximum Gasteiger partial charge on any atom is 0.338 e. The van der Waals surface area contributed by atoms with Crippen LogP contribution in [0, 0.1) is 0 Å². The lowest BCUT2D eigenvalue weighted by molar-refractivity contribution is -0.122. The predicted molar refractivity (Wildman–Crippen MR) is 106 cm³/mol. The molecule has 0 aliphatic carbocycles. The molecule has 1 amide bonds. The van der Waals surface area contributed by atoms with Crippen LogP contribution in [-0.2, 0) is 9.53 Å². The number of carbonyl (C=O) groups is 2. The number of amides is 1. The predicted octanol–water partition coefficient (Wildman–Crippen LogP) is 4.78. The van der Waals surface area contributed by atoms with Crippen molar-refractivity contribution in [1.29, 1.82) is 0 Å². The topological polar surface area (TPSA) is 64.6 Å². The summed E-state index contributed by atoms with van der Waals surface area (Å²) in [6.45, 7) is 8.03. The first-order valence-electron chi connectivity index (χ1n) is 9.29. The van der Waals surface area contributed by atoms with Crippen LogP contribution < -0.4 is 10.1 Å². The van der Waals surface area contributed by atoms with Crippen LogP contribution in [0.1, 0.15) is 56.0 Å². The molecule has 2 rings (SSSR count). The molecule has 0 radical (unpaired) electrons. The van der Waals surface area contributed by atoms with E-state index >= 15 is 0 Å². The highest BCUT2D eigenvalue weighted by Gasteiger charge is 2.18. The minimum atomic E-state index is -0.677. The van der Waals surface area contributed by atoms with Gasteiger partial charge in [0.1, 0.15) is 5.75 Å². The van der Waals surface area contributed by atoms with Crippen LogP contribution >= 0.6 is 0 Å². The molecule has 5 heteroatoms. The van der Waals surface area contributed by atoms with Gasteiger partial charge in [-0.05, 0) is 62.1 Å². The van der Waals surface area contributed by atoms with E-state index in [0.717, 1.165) is 17.7 Å². The summed E-state index contributed by atoms with van der Waals surface area (Å²) in [6.07, 6.45) is 0.314. The largest absolute Gasteiger partial charge is 0.481 e. The van der Waals surface area contributed by atoms with Gasteiger partial charge in [0.05, 0.1) is 12.2 Å². The molecule has 0 aromatic heterocycles. The molecule has 144 valence electrons. The summed E-state index contributed by atoms with van der Waals surface area (Å²) in [4.78, 5) is 24.2. The molecule has 0 heterocycles. The maximum atomic E-state index is 12.5. The minimum Gasteiger partial charge on any atom is -0.481 e. The van der Waals surface area contributed by atoms with E-state index in [1.54, 1.807) is 38.1 Å². The quantitative estimate of drug-likeness (QED) is 0.680. The number of esters is 1. The Labute approximate surface area is 160 Å². The standard InChI is InChI=1S/C22H27NO4/c1-5-15(3)19-9-7-8-10-20(19)23-21(24)16(4)27-18-13-11-17(12-14-18)22(25)26-6-2/h7-16H,5-6H2,1-4H3,(H,23,24)/t15-,16+/m0/s1. The van der Waals surface area contributed by atoms with E-state index in [-0.39, 0.29) is 11.9 Å². The first-order chi connectivity index (χ1) is 13.0. The highest BCUT2D eigenvalue weighted by atomic mass is 16.5. The second-order valence-electron chi connectivity index (χ2n) is 6.39. The Kier molecular flexibility index (Phi) is 7.41. The molecule has 0 spiro atoms. The number of anilines is 1. The van der Waals surface area contributed by atoms with Crippen molar-refractivity contribution in [3.05, 3.63) is 59.7 Å². The molecule has 27 heavy (non-hydrogen) atoms. The number of carbonyl (C=O) groups excluding carboxylic acids is 2. The van der Waals surface area contributed by atoms with Gasteiger partial charge in [-0.2, -0.15) is 0 Å². The average Bonchev–Trinajstić information content (AvgIpc) is 2.68. The molecule has 2 aromatic rings. The zero-order valence-electron chi connectivity index (χ0n) is 16.3. The van der Waals surface area contributed by atoms with E-state index in [9.17, 15) is 9.59 Å². The maximum absolute atomic E-state index is 12.5. The summed E-state index contributed by atoms with van der Waals surface area (Å²) in [5.74, 6) is 0.269. The van der Waals surface area contributed by atoms with Gasteiger partial charge < -0.3 is 14.8 Å². The van der Waals surface area contributed by atoms with E-state index in [1.807, 2.05) is 24.3 Å². The molecule has 0 bridgehead atoms. The van der Waals surface area contributed by atoms with Crippen molar-refractivity contribution in [3.63, 3.8) is 0 Å². The summed E-state index contributed by atoms with van der Waals surface area (Å²) in [5, 5.41) is 2.95. The molecule has 5 nitrogen and oxygen atoms in total. The number of benzene rings is 2. The van der Waals surface area contributed by atoms with Gasteiger partial charge >= 0.3 is 5.97 Å². The van der Waals surface area contributed by atoms with Crippen molar-refractivity contribution >= 4 is 17.6 Å². The van der Waals surface area contributed by atoms with E-state index in [1.165, 1.54) is 0 Å². The molecule has 0 saturated carbocycles. The second kappa shape index (κ2) is 9.76. The summed E-state index contributed by atoms with van der Waals surface area (Å²) in [7, 11) is 0. The van der Waals surface area contributed by atoms with Crippen LogP contribution in [0.25, 0.3) is 0 Å². The fourth-order valence-electron chi connectivity index (χ4n) is 2.64. The second-order valence-corrected chi connectivity index (χ2v) is 6.39. The van der Waals surface area contributed by atoms with Gasteiger partial charge in [-0.1, -0.05) is 32.0 Å². The molecule has 1 N–H and O–H groups in total. The van der Waals surface area contributed by atoms with Crippen molar-refractivity contribution in [1.82, 2.24) is 0 Å². The summed E-state index contributed by atoms with van der Waals surface area (Å²) in [5.41, 5.74) is 2.37. The number of rotatable bonds is 8. The number of para-hydroxylation sites is 1. The lowest BCUT2D eigenvalue weighted by Gasteiger charge is -2.18. The van der Waals surface area contributed by atoms with E-state index < -0.39 is 6.10 Å². The van der Waals surface area contributed by atoms with Crippen LogP contribution in [0.3, 0.4) is 0 Å². The van der Waals surface area contributed by atoms with Crippen molar-refractivity contribution in [2.75, 3.05) is 11.9 Å². The Morgan fingerprint density at radius 3 is 2.30 bits per heavy atom. The van der Waals surface area contributed by atoms with Gasteiger partial charge in [0.2, 0.25) is 0 Å². The monoisotopic (exact) mass is 369 g/mol. The fraction of sp³-hybridized carbons (Fsp3) is 0.364. The third kappa shape index (κ3) is 5.58.